The number of urea groups is 2. The van der Waals surface area contributed by atoms with Gasteiger partial charge in [-0.2, -0.15) is 0 Å². The summed E-state index contributed by atoms with van der Waals surface area (Å²) in [5, 5.41) is 0. The van der Waals surface area contributed by atoms with Crippen LogP contribution in [0.25, 0.3) is 0 Å². The average molecular weight is 571 g/mol. The van der Waals surface area contributed by atoms with Crippen molar-refractivity contribution in [2.45, 2.75) is 0 Å². The van der Waals surface area contributed by atoms with Gasteiger partial charge in [-0.05, 0) is 48.5 Å². The third-order valence-corrected chi connectivity index (χ3v) is 6.25. The monoisotopic (exact) mass is 570 g/mol. The van der Waals surface area contributed by atoms with E-state index in [4.69, 9.17) is 9.47 Å². The number of para-hydroxylation sites is 2. The molecule has 0 spiro atoms. The van der Waals surface area contributed by atoms with E-state index in [9.17, 15) is 19.2 Å². The molecule has 0 heterocycles. The molecule has 0 aliphatic rings. The minimum atomic E-state index is -0.568. The van der Waals surface area contributed by atoms with E-state index >= 15 is 0 Å². The number of anilines is 4. The van der Waals surface area contributed by atoms with E-state index in [1.54, 1.807) is 62.6 Å². The van der Waals surface area contributed by atoms with Gasteiger partial charge in [-0.3, -0.25) is 19.6 Å². The number of carbonyl (C=O) groups excluding carboxylic acids is 4. The highest BCUT2D eigenvalue weighted by molar-refractivity contribution is 6.05. The fraction of sp³-hybridized carbons (Fsp3) is 0.188. The lowest BCUT2D eigenvalue weighted by atomic mass is 10.2. The lowest BCUT2D eigenvalue weighted by Crippen LogP contribution is -2.44. The lowest BCUT2D eigenvalue weighted by Gasteiger charge is -2.30. The van der Waals surface area contributed by atoms with E-state index in [0.29, 0.717) is 22.7 Å². The summed E-state index contributed by atoms with van der Waals surface area (Å²) in [7, 11) is 3.28. The van der Waals surface area contributed by atoms with Crippen LogP contribution >= 0.6 is 0 Å². The number of nitrogens with zero attached hydrogens (tertiary/aromatic N) is 4. The van der Waals surface area contributed by atoms with E-state index in [2.05, 4.69) is 13.2 Å². The van der Waals surface area contributed by atoms with Crippen molar-refractivity contribution in [1.82, 2.24) is 0 Å². The van der Waals surface area contributed by atoms with Crippen molar-refractivity contribution in [3.8, 4) is 0 Å². The SMILES string of the molecule is C=CC(=O)OCCN(C(=O)N(C)c1ccc(N(C)C(=O)N(CCOC(=O)C=C)c2ccccc2)cc1)c1ccccc1. The molecule has 0 fully saturated rings. The molecule has 0 saturated heterocycles. The van der Waals surface area contributed by atoms with Crippen LogP contribution in [-0.2, 0) is 19.1 Å². The van der Waals surface area contributed by atoms with E-state index in [-0.39, 0.29) is 38.4 Å². The second-order valence-electron chi connectivity index (χ2n) is 8.92. The Bertz CT molecular complexity index is 1270. The molecule has 10 heteroatoms. The van der Waals surface area contributed by atoms with Crippen LogP contribution in [0.3, 0.4) is 0 Å². The number of hydrogen-bond acceptors (Lipinski definition) is 6. The molecule has 0 unspecified atom stereocenters. The van der Waals surface area contributed by atoms with Crippen molar-refractivity contribution < 1.29 is 28.7 Å². The molecule has 0 aromatic heterocycles. The molecule has 10 nitrogen and oxygen atoms in total. The summed E-state index contributed by atoms with van der Waals surface area (Å²) >= 11 is 0. The molecule has 3 aromatic rings. The Morgan fingerprint density at radius 2 is 0.905 bits per heavy atom. The standard InChI is InChI=1S/C32H34N4O6/c1-5-29(37)41-23-21-35(27-13-9-7-10-14-27)31(39)33(3)25-17-19-26(20-18-25)34(4)32(40)36(22-24-42-30(38)6-2)28-15-11-8-12-16-28/h5-20H,1-2,21-24H2,3-4H3. The van der Waals surface area contributed by atoms with Crippen LogP contribution in [0.2, 0.25) is 0 Å². The zero-order valence-electron chi connectivity index (χ0n) is 23.7. The predicted octanol–water partition coefficient (Wildman–Crippen LogP) is 5.27. The number of esters is 2. The quantitative estimate of drug-likeness (QED) is 0.217. The first-order valence-corrected chi connectivity index (χ1v) is 13.2. The van der Waals surface area contributed by atoms with Gasteiger partial charge in [0, 0.05) is 49.0 Å². The molecule has 0 aliphatic heterocycles. The highest BCUT2D eigenvalue weighted by Crippen LogP contribution is 2.24. The first kappa shape index (κ1) is 31.2. The summed E-state index contributed by atoms with van der Waals surface area (Å²) in [6.07, 6.45) is 2.14. The number of rotatable bonds is 12. The molecule has 0 saturated carbocycles. The largest absolute Gasteiger partial charge is 0.461 e. The molecule has 0 N–H and O–H groups in total. The van der Waals surface area contributed by atoms with Crippen LogP contribution in [-0.4, -0.2) is 64.4 Å². The summed E-state index contributed by atoms with van der Waals surface area (Å²) in [5.41, 5.74) is 2.46. The van der Waals surface area contributed by atoms with Gasteiger partial charge in [0.05, 0.1) is 13.1 Å². The van der Waals surface area contributed by atoms with Crippen molar-refractivity contribution in [3.05, 3.63) is 110 Å². The number of carbonyl (C=O) groups is 4. The molecule has 0 atom stereocenters. The van der Waals surface area contributed by atoms with Crippen molar-refractivity contribution in [2.75, 3.05) is 60.0 Å². The molecule has 3 aromatic carbocycles. The summed E-state index contributed by atoms with van der Waals surface area (Å²) in [6, 6.07) is 24.4. The van der Waals surface area contributed by atoms with Crippen LogP contribution in [0.1, 0.15) is 0 Å². The zero-order valence-corrected chi connectivity index (χ0v) is 23.7. The fourth-order valence-electron chi connectivity index (χ4n) is 3.96. The normalized spacial score (nSPS) is 10.1. The molecule has 0 bridgehead atoms. The van der Waals surface area contributed by atoms with E-state index < -0.39 is 11.9 Å². The fourth-order valence-corrected chi connectivity index (χ4v) is 3.96. The second-order valence-corrected chi connectivity index (χ2v) is 8.92. The Morgan fingerprint density at radius 3 is 1.21 bits per heavy atom. The topological polar surface area (TPSA) is 99.7 Å². The van der Waals surface area contributed by atoms with Crippen LogP contribution in [0, 0.1) is 0 Å². The first-order chi connectivity index (χ1) is 20.3. The van der Waals surface area contributed by atoms with Gasteiger partial charge in [-0.1, -0.05) is 49.6 Å². The van der Waals surface area contributed by atoms with Crippen molar-refractivity contribution in [1.29, 1.82) is 0 Å². The van der Waals surface area contributed by atoms with Crippen LogP contribution in [0.5, 0.6) is 0 Å². The summed E-state index contributed by atoms with van der Waals surface area (Å²) in [6.45, 7) is 7.04. The van der Waals surface area contributed by atoms with Gasteiger partial charge in [0.25, 0.3) is 0 Å². The molecular formula is C32H34N4O6. The minimum absolute atomic E-state index is 0.00409. The highest BCUT2D eigenvalue weighted by atomic mass is 16.5. The predicted molar refractivity (Wildman–Crippen MR) is 164 cm³/mol. The molecule has 218 valence electrons. The zero-order chi connectivity index (χ0) is 30.5. The van der Waals surface area contributed by atoms with Gasteiger partial charge in [0.1, 0.15) is 13.2 Å². The maximum atomic E-state index is 13.5. The van der Waals surface area contributed by atoms with E-state index in [1.165, 1.54) is 19.6 Å². The van der Waals surface area contributed by atoms with Gasteiger partial charge in [0.2, 0.25) is 0 Å². The lowest BCUT2D eigenvalue weighted by molar-refractivity contribution is -0.138. The summed E-state index contributed by atoms with van der Waals surface area (Å²) in [5.74, 6) is -1.14. The smallest absolute Gasteiger partial charge is 0.330 e. The van der Waals surface area contributed by atoms with Crippen LogP contribution < -0.4 is 19.6 Å². The van der Waals surface area contributed by atoms with Gasteiger partial charge in [-0.25, -0.2) is 19.2 Å². The third kappa shape index (κ3) is 8.31. The maximum Gasteiger partial charge on any atom is 0.330 e. The van der Waals surface area contributed by atoms with Gasteiger partial charge in [0.15, 0.2) is 0 Å². The Morgan fingerprint density at radius 1 is 0.571 bits per heavy atom. The van der Waals surface area contributed by atoms with Crippen LogP contribution in [0.4, 0.5) is 32.3 Å². The highest BCUT2D eigenvalue weighted by Gasteiger charge is 2.23. The number of hydrogen-bond donors (Lipinski definition) is 0. The molecule has 0 radical (unpaired) electrons. The first-order valence-electron chi connectivity index (χ1n) is 13.2. The molecule has 3 rings (SSSR count). The van der Waals surface area contributed by atoms with Crippen LogP contribution in [0.15, 0.2) is 110 Å². The van der Waals surface area contributed by atoms with Gasteiger partial charge < -0.3 is 9.47 Å². The van der Waals surface area contributed by atoms with E-state index in [0.717, 1.165) is 12.2 Å². The average Bonchev–Trinajstić information content (AvgIpc) is 3.04. The summed E-state index contributed by atoms with van der Waals surface area (Å²) in [4.78, 5) is 56.0. The van der Waals surface area contributed by atoms with Crippen molar-refractivity contribution in [3.63, 3.8) is 0 Å². The molecule has 4 amide bonds. The van der Waals surface area contributed by atoms with Gasteiger partial charge in [-0.15, -0.1) is 0 Å². The Balaban J connectivity index is 1.75. The number of ether oxygens (including phenoxy) is 2. The molecule has 0 aliphatic carbocycles. The maximum absolute atomic E-state index is 13.5. The molecule has 42 heavy (non-hydrogen) atoms. The Labute approximate surface area is 245 Å². The third-order valence-electron chi connectivity index (χ3n) is 6.25. The van der Waals surface area contributed by atoms with Crippen molar-refractivity contribution in [2.24, 2.45) is 0 Å². The molecular weight excluding hydrogens is 536 g/mol. The van der Waals surface area contributed by atoms with E-state index in [1.807, 2.05) is 36.4 Å². The Hall–Kier alpha value is -5.38. The Kier molecular flexibility index (Phi) is 11.4. The minimum Gasteiger partial charge on any atom is -0.461 e. The van der Waals surface area contributed by atoms with Crippen molar-refractivity contribution >= 4 is 46.8 Å². The second kappa shape index (κ2) is 15.4. The van der Waals surface area contributed by atoms with Gasteiger partial charge >= 0.3 is 24.0 Å². The summed E-state index contributed by atoms with van der Waals surface area (Å²) < 4.78 is 10.2. The number of benzene rings is 3. The number of amides is 4.